The number of hydrogen-bond donors (Lipinski definition) is 1. The number of rotatable bonds is 3. The third kappa shape index (κ3) is 2.53. The Kier molecular flexibility index (Phi) is 3.68. The Labute approximate surface area is 168 Å². The molecule has 6 nitrogen and oxygen atoms in total. The largest absolute Gasteiger partial charge is 0.481 e. The number of fused-ring (bicyclic) bond motifs is 2. The first-order valence-electron chi connectivity index (χ1n) is 8.73. The van der Waals surface area contributed by atoms with Crippen LogP contribution in [0.4, 0.5) is 10.2 Å². The number of aliphatic carboxylic acids is 1. The quantitative estimate of drug-likeness (QED) is 0.586. The van der Waals surface area contributed by atoms with Crippen LogP contribution >= 0.6 is 22.6 Å². The minimum absolute atomic E-state index is 0.184. The maximum absolute atomic E-state index is 14.0. The van der Waals surface area contributed by atoms with E-state index in [9.17, 15) is 9.18 Å². The lowest BCUT2D eigenvalue weighted by molar-refractivity contribution is -0.139. The molecule has 3 aromatic rings. The van der Waals surface area contributed by atoms with Crippen molar-refractivity contribution >= 4 is 45.3 Å². The van der Waals surface area contributed by atoms with Crippen molar-refractivity contribution < 1.29 is 14.3 Å². The van der Waals surface area contributed by atoms with Crippen molar-refractivity contribution in [1.29, 1.82) is 0 Å². The number of halogens is 2. The molecule has 27 heavy (non-hydrogen) atoms. The van der Waals surface area contributed by atoms with E-state index in [1.807, 2.05) is 12.1 Å². The molecule has 1 saturated carbocycles. The maximum atomic E-state index is 14.0. The van der Waals surface area contributed by atoms with E-state index in [-0.39, 0.29) is 23.6 Å². The van der Waals surface area contributed by atoms with Crippen molar-refractivity contribution in [3.8, 4) is 5.69 Å². The third-order valence-corrected chi connectivity index (χ3v) is 6.56. The van der Waals surface area contributed by atoms with Gasteiger partial charge in [-0.05, 0) is 65.6 Å². The Morgan fingerprint density at radius 1 is 1.26 bits per heavy atom. The van der Waals surface area contributed by atoms with E-state index < -0.39 is 5.97 Å². The van der Waals surface area contributed by atoms with E-state index >= 15 is 0 Å². The summed E-state index contributed by atoms with van der Waals surface area (Å²) in [4.78, 5) is 17.8. The summed E-state index contributed by atoms with van der Waals surface area (Å²) >= 11 is 2.15. The van der Waals surface area contributed by atoms with Crippen LogP contribution in [-0.2, 0) is 4.79 Å². The van der Waals surface area contributed by atoms with Gasteiger partial charge in [0.25, 0.3) is 0 Å². The molecule has 1 saturated heterocycles. The van der Waals surface area contributed by atoms with Crippen LogP contribution in [0.15, 0.2) is 30.5 Å². The number of carbonyl (C=O) groups is 1. The van der Waals surface area contributed by atoms with Gasteiger partial charge < -0.3 is 10.0 Å². The van der Waals surface area contributed by atoms with Gasteiger partial charge in [-0.2, -0.15) is 5.10 Å². The first kappa shape index (κ1) is 16.9. The third-order valence-electron chi connectivity index (χ3n) is 5.77. The second-order valence-corrected chi connectivity index (χ2v) is 8.26. The average Bonchev–Trinajstić information content (AvgIpc) is 2.99. The van der Waals surface area contributed by atoms with Gasteiger partial charge >= 0.3 is 5.97 Å². The second-order valence-electron chi connectivity index (χ2n) is 7.24. The number of aromatic nitrogens is 3. The minimum atomic E-state index is -0.685. The summed E-state index contributed by atoms with van der Waals surface area (Å²) in [7, 11) is 0. The number of anilines is 1. The molecular formula is C19H16FIN4O2. The number of piperidine rings is 1. The summed E-state index contributed by atoms with van der Waals surface area (Å²) in [5.74, 6) is 0.196. The molecule has 0 unspecified atom stereocenters. The molecule has 2 aliphatic rings. The highest BCUT2D eigenvalue weighted by Crippen LogP contribution is 2.52. The highest BCUT2D eigenvalue weighted by atomic mass is 127. The summed E-state index contributed by atoms with van der Waals surface area (Å²) in [6, 6.07) is 7.06. The zero-order valence-electron chi connectivity index (χ0n) is 14.4. The van der Waals surface area contributed by atoms with Crippen LogP contribution in [0.5, 0.6) is 0 Å². The molecule has 138 valence electrons. The summed E-state index contributed by atoms with van der Waals surface area (Å²) in [5.41, 5.74) is 2.08. The normalized spacial score (nSPS) is 23.7. The van der Waals surface area contributed by atoms with Crippen LogP contribution in [0.25, 0.3) is 16.6 Å². The summed E-state index contributed by atoms with van der Waals surface area (Å²) < 4.78 is 16.6. The van der Waals surface area contributed by atoms with Gasteiger partial charge in [0.15, 0.2) is 0 Å². The summed E-state index contributed by atoms with van der Waals surface area (Å²) in [5, 5.41) is 14.6. The molecule has 2 fully saturated rings. The Bertz CT molecular complexity index is 1070. The van der Waals surface area contributed by atoms with Crippen molar-refractivity contribution in [2.45, 2.75) is 6.92 Å². The maximum Gasteiger partial charge on any atom is 0.307 e. The molecule has 0 spiro atoms. The molecule has 0 amide bonds. The number of carboxylic acids is 1. The molecule has 2 aromatic heterocycles. The van der Waals surface area contributed by atoms with Gasteiger partial charge in [-0.15, -0.1) is 0 Å². The van der Waals surface area contributed by atoms with Crippen LogP contribution in [0.1, 0.15) is 5.56 Å². The average molecular weight is 478 g/mol. The predicted molar refractivity (Wildman–Crippen MR) is 107 cm³/mol. The Hall–Kier alpha value is -2.23. The number of aryl methyl sites for hydroxylation is 1. The fraction of sp³-hybridized carbons (Fsp3) is 0.316. The first-order chi connectivity index (χ1) is 13.0. The molecule has 8 heteroatoms. The summed E-state index contributed by atoms with van der Waals surface area (Å²) in [6.45, 7) is 3.23. The molecule has 5 rings (SSSR count). The molecular weight excluding hydrogens is 462 g/mol. The van der Waals surface area contributed by atoms with Gasteiger partial charge in [-0.25, -0.2) is 14.1 Å². The van der Waals surface area contributed by atoms with Crippen molar-refractivity contribution in [3.05, 3.63) is 45.5 Å². The number of nitrogens with zero attached hydrogens (tertiary/aromatic N) is 4. The number of hydrogen-bond acceptors (Lipinski definition) is 4. The van der Waals surface area contributed by atoms with Gasteiger partial charge in [0.1, 0.15) is 15.3 Å². The zero-order valence-corrected chi connectivity index (χ0v) is 16.6. The van der Waals surface area contributed by atoms with Gasteiger partial charge in [0.2, 0.25) is 0 Å². The molecule has 1 aliphatic heterocycles. The Morgan fingerprint density at radius 3 is 2.63 bits per heavy atom. The Balaban J connectivity index is 1.45. The van der Waals surface area contributed by atoms with Crippen LogP contribution in [0.2, 0.25) is 0 Å². The number of carboxylic acid groups (broad SMARTS) is 1. The summed E-state index contributed by atoms with van der Waals surface area (Å²) in [6.07, 6.45) is 1.74. The zero-order chi connectivity index (χ0) is 18.9. The molecule has 0 bridgehead atoms. The van der Waals surface area contributed by atoms with E-state index in [0.717, 1.165) is 39.2 Å². The lowest BCUT2D eigenvalue weighted by Crippen LogP contribution is -2.26. The van der Waals surface area contributed by atoms with Crippen LogP contribution in [0, 0.1) is 34.2 Å². The molecule has 0 radical (unpaired) electrons. The van der Waals surface area contributed by atoms with Crippen molar-refractivity contribution in [3.63, 3.8) is 0 Å². The monoisotopic (exact) mass is 478 g/mol. The fourth-order valence-electron chi connectivity index (χ4n) is 4.26. The second kappa shape index (κ2) is 5.88. The van der Waals surface area contributed by atoms with E-state index in [0.29, 0.717) is 5.56 Å². The van der Waals surface area contributed by atoms with Crippen LogP contribution in [0.3, 0.4) is 0 Å². The lowest BCUT2D eigenvalue weighted by atomic mass is 10.1. The number of benzene rings is 1. The fourth-order valence-corrected chi connectivity index (χ4v) is 4.91. The molecule has 3 atom stereocenters. The lowest BCUT2D eigenvalue weighted by Gasteiger charge is -2.20. The minimum Gasteiger partial charge on any atom is -0.481 e. The van der Waals surface area contributed by atoms with Gasteiger partial charge in [-0.3, -0.25) is 4.79 Å². The predicted octanol–water partition coefficient (Wildman–Crippen LogP) is 3.24. The van der Waals surface area contributed by atoms with Crippen LogP contribution < -0.4 is 4.90 Å². The van der Waals surface area contributed by atoms with Gasteiger partial charge in [0, 0.05) is 24.0 Å². The highest BCUT2D eigenvalue weighted by molar-refractivity contribution is 14.1. The molecule has 1 aliphatic carbocycles. The van der Waals surface area contributed by atoms with E-state index in [2.05, 4.69) is 37.6 Å². The van der Waals surface area contributed by atoms with Crippen molar-refractivity contribution in [1.82, 2.24) is 14.8 Å². The van der Waals surface area contributed by atoms with Gasteiger partial charge in [0.05, 0.1) is 23.3 Å². The molecule has 3 heterocycles. The van der Waals surface area contributed by atoms with Crippen LogP contribution in [-0.4, -0.2) is 38.9 Å². The van der Waals surface area contributed by atoms with E-state index in [4.69, 9.17) is 5.11 Å². The molecule has 1 N–H and O–H groups in total. The number of pyridine rings is 1. The smallest absolute Gasteiger partial charge is 0.307 e. The van der Waals surface area contributed by atoms with E-state index in [1.54, 1.807) is 23.9 Å². The first-order valence-corrected chi connectivity index (χ1v) is 9.81. The van der Waals surface area contributed by atoms with Gasteiger partial charge in [-0.1, -0.05) is 0 Å². The highest BCUT2D eigenvalue weighted by Gasteiger charge is 2.59. The standard InChI is InChI=1S/C19H16FIN4O2/c1-9-14(20)4-3-11-17(9)25(23-18(11)21)10-2-5-15(22-6-10)24-7-12-13(8-24)16(12)19(26)27/h2-6,12-13,16H,7-8H2,1H3,(H,26,27)/t12-,13+,16-. The van der Waals surface area contributed by atoms with Crippen molar-refractivity contribution in [2.24, 2.45) is 17.8 Å². The molecule has 1 aromatic carbocycles. The van der Waals surface area contributed by atoms with Crippen molar-refractivity contribution in [2.75, 3.05) is 18.0 Å². The topological polar surface area (TPSA) is 71.2 Å². The van der Waals surface area contributed by atoms with E-state index in [1.165, 1.54) is 6.07 Å². The Morgan fingerprint density at radius 2 is 2.00 bits per heavy atom. The SMILES string of the molecule is Cc1c(F)ccc2c(I)nn(-c3ccc(N4C[C@@H]5[C@H](C4)[C@@H]5C(=O)O)nc3)c12.